The van der Waals surface area contributed by atoms with E-state index >= 15 is 0 Å². The Labute approximate surface area is 87.2 Å². The van der Waals surface area contributed by atoms with Gasteiger partial charge in [-0.05, 0) is 24.3 Å². The second kappa shape index (κ2) is 3.96. The Morgan fingerprint density at radius 2 is 2.07 bits per heavy atom. The normalized spacial score (nSPS) is 9.93. The van der Waals surface area contributed by atoms with Gasteiger partial charge in [0.15, 0.2) is 5.76 Å². The van der Waals surface area contributed by atoms with E-state index in [1.807, 2.05) is 0 Å². The fraction of sp³-hybridized carbons (Fsp3) is 0.0909. The van der Waals surface area contributed by atoms with Gasteiger partial charge in [-0.25, -0.2) is 0 Å². The Morgan fingerprint density at radius 1 is 1.33 bits per heavy atom. The number of hydrogen-bond acceptors (Lipinski definition) is 3. The van der Waals surface area contributed by atoms with Gasteiger partial charge in [-0.1, -0.05) is 0 Å². The molecule has 0 saturated carbocycles. The molecule has 4 nitrogen and oxygen atoms in total. The first-order chi connectivity index (χ1) is 7.29. The maximum atomic E-state index is 11.8. The van der Waals surface area contributed by atoms with E-state index in [4.69, 9.17) is 4.42 Å². The number of rotatable bonds is 2. The lowest BCUT2D eigenvalue weighted by atomic mass is 10.3. The molecule has 0 fully saturated rings. The molecule has 0 aliphatic heterocycles. The Morgan fingerprint density at radius 3 is 2.67 bits per heavy atom. The number of nitrogens with zero attached hydrogens (tertiary/aromatic N) is 2. The Hall–Kier alpha value is -2.10. The van der Waals surface area contributed by atoms with Crippen molar-refractivity contribution in [2.75, 3.05) is 11.9 Å². The number of anilines is 1. The summed E-state index contributed by atoms with van der Waals surface area (Å²) in [6.07, 6.45) is 4.76. The van der Waals surface area contributed by atoms with Gasteiger partial charge >= 0.3 is 0 Å². The minimum absolute atomic E-state index is 0.175. The predicted molar refractivity (Wildman–Crippen MR) is 55.7 cm³/mol. The standard InChI is InChI=1S/C11H10N2O2/c1-13(9-4-6-12-7-5-9)11(14)10-3-2-8-15-10/h2-8H,1H3. The molecule has 2 aromatic rings. The zero-order valence-corrected chi connectivity index (χ0v) is 8.25. The number of carbonyl (C=O) groups is 1. The highest BCUT2D eigenvalue weighted by Crippen LogP contribution is 2.13. The van der Waals surface area contributed by atoms with Gasteiger partial charge in [-0.3, -0.25) is 9.78 Å². The highest BCUT2D eigenvalue weighted by atomic mass is 16.3. The SMILES string of the molecule is CN(C(=O)c1ccco1)c1ccncc1. The largest absolute Gasteiger partial charge is 0.459 e. The molecule has 0 aromatic carbocycles. The zero-order chi connectivity index (χ0) is 10.7. The minimum Gasteiger partial charge on any atom is -0.459 e. The van der Waals surface area contributed by atoms with Gasteiger partial charge in [0, 0.05) is 25.1 Å². The molecule has 1 amide bonds. The average molecular weight is 202 g/mol. The number of furan rings is 1. The molecule has 0 unspecified atom stereocenters. The number of amides is 1. The van der Waals surface area contributed by atoms with Crippen molar-refractivity contribution < 1.29 is 9.21 Å². The quantitative estimate of drug-likeness (QED) is 0.747. The van der Waals surface area contributed by atoms with E-state index in [0.29, 0.717) is 5.76 Å². The van der Waals surface area contributed by atoms with Crippen molar-refractivity contribution in [3.8, 4) is 0 Å². The van der Waals surface area contributed by atoms with E-state index in [-0.39, 0.29) is 5.91 Å². The van der Waals surface area contributed by atoms with E-state index in [0.717, 1.165) is 5.69 Å². The third kappa shape index (κ3) is 1.88. The van der Waals surface area contributed by atoms with Crippen molar-refractivity contribution in [1.29, 1.82) is 0 Å². The van der Waals surface area contributed by atoms with Crippen LogP contribution in [0.3, 0.4) is 0 Å². The van der Waals surface area contributed by atoms with Gasteiger partial charge in [-0.15, -0.1) is 0 Å². The lowest BCUT2D eigenvalue weighted by Crippen LogP contribution is -2.25. The summed E-state index contributed by atoms with van der Waals surface area (Å²) in [5, 5.41) is 0. The fourth-order valence-electron chi connectivity index (χ4n) is 1.25. The Kier molecular flexibility index (Phi) is 2.49. The second-order valence-corrected chi connectivity index (χ2v) is 3.05. The second-order valence-electron chi connectivity index (χ2n) is 3.05. The highest BCUT2D eigenvalue weighted by molar-refractivity contribution is 6.03. The molecule has 0 saturated heterocycles. The number of pyridine rings is 1. The zero-order valence-electron chi connectivity index (χ0n) is 8.25. The van der Waals surface area contributed by atoms with Gasteiger partial charge in [0.05, 0.1) is 6.26 Å². The molecule has 2 heterocycles. The summed E-state index contributed by atoms with van der Waals surface area (Å²) >= 11 is 0. The molecular weight excluding hydrogens is 192 g/mol. The number of hydrogen-bond donors (Lipinski definition) is 0. The van der Waals surface area contributed by atoms with Gasteiger partial charge in [0.25, 0.3) is 5.91 Å². The third-order valence-electron chi connectivity index (χ3n) is 2.09. The number of carbonyl (C=O) groups excluding carboxylic acids is 1. The maximum Gasteiger partial charge on any atom is 0.293 e. The smallest absolute Gasteiger partial charge is 0.293 e. The molecule has 0 aliphatic carbocycles. The lowest BCUT2D eigenvalue weighted by Gasteiger charge is -2.14. The minimum atomic E-state index is -0.175. The molecule has 0 atom stereocenters. The van der Waals surface area contributed by atoms with Crippen LogP contribution in [0.2, 0.25) is 0 Å². The first-order valence-corrected chi connectivity index (χ1v) is 4.50. The van der Waals surface area contributed by atoms with Crippen molar-refractivity contribution in [3.63, 3.8) is 0 Å². The van der Waals surface area contributed by atoms with Crippen LogP contribution in [-0.2, 0) is 0 Å². The van der Waals surface area contributed by atoms with Crippen LogP contribution in [0.15, 0.2) is 47.3 Å². The van der Waals surface area contributed by atoms with Crippen LogP contribution in [-0.4, -0.2) is 17.9 Å². The van der Waals surface area contributed by atoms with E-state index in [1.165, 1.54) is 11.2 Å². The van der Waals surface area contributed by atoms with Crippen LogP contribution in [0.5, 0.6) is 0 Å². The fourth-order valence-corrected chi connectivity index (χ4v) is 1.25. The summed E-state index contributed by atoms with van der Waals surface area (Å²) < 4.78 is 5.03. The first-order valence-electron chi connectivity index (χ1n) is 4.50. The van der Waals surface area contributed by atoms with Gasteiger partial charge in [0.1, 0.15) is 0 Å². The van der Waals surface area contributed by atoms with Gasteiger partial charge in [0.2, 0.25) is 0 Å². The molecule has 2 aromatic heterocycles. The Bertz CT molecular complexity index is 437. The average Bonchev–Trinajstić information content (AvgIpc) is 2.82. The van der Waals surface area contributed by atoms with Crippen LogP contribution in [0.25, 0.3) is 0 Å². The predicted octanol–water partition coefficient (Wildman–Crippen LogP) is 1.95. The number of aromatic nitrogens is 1. The van der Waals surface area contributed by atoms with Gasteiger partial charge < -0.3 is 9.32 Å². The van der Waals surface area contributed by atoms with Gasteiger partial charge in [-0.2, -0.15) is 0 Å². The van der Waals surface area contributed by atoms with E-state index in [1.54, 1.807) is 43.7 Å². The summed E-state index contributed by atoms with van der Waals surface area (Å²) in [5.41, 5.74) is 0.784. The van der Waals surface area contributed by atoms with E-state index in [9.17, 15) is 4.79 Å². The molecule has 0 bridgehead atoms. The monoisotopic (exact) mass is 202 g/mol. The summed E-state index contributed by atoms with van der Waals surface area (Å²) in [5.74, 6) is 0.153. The summed E-state index contributed by atoms with van der Waals surface area (Å²) in [7, 11) is 1.69. The maximum absolute atomic E-state index is 11.8. The van der Waals surface area contributed by atoms with Crippen LogP contribution in [0.1, 0.15) is 10.6 Å². The highest BCUT2D eigenvalue weighted by Gasteiger charge is 2.15. The van der Waals surface area contributed by atoms with Crippen molar-refractivity contribution >= 4 is 11.6 Å². The van der Waals surface area contributed by atoms with Crippen molar-refractivity contribution in [1.82, 2.24) is 4.98 Å². The van der Waals surface area contributed by atoms with Crippen molar-refractivity contribution in [2.24, 2.45) is 0 Å². The topological polar surface area (TPSA) is 46.3 Å². The van der Waals surface area contributed by atoms with Crippen LogP contribution in [0.4, 0.5) is 5.69 Å². The summed E-state index contributed by atoms with van der Waals surface area (Å²) in [6.45, 7) is 0. The lowest BCUT2D eigenvalue weighted by molar-refractivity contribution is 0.0966. The first kappa shape index (κ1) is 9.45. The summed E-state index contributed by atoms with van der Waals surface area (Å²) in [4.78, 5) is 17.2. The molecule has 0 aliphatic rings. The van der Waals surface area contributed by atoms with Crippen LogP contribution < -0.4 is 4.90 Å². The van der Waals surface area contributed by atoms with Crippen LogP contribution in [0, 0.1) is 0 Å². The molecule has 4 heteroatoms. The van der Waals surface area contributed by atoms with E-state index in [2.05, 4.69) is 4.98 Å². The Balaban J connectivity index is 2.23. The van der Waals surface area contributed by atoms with E-state index < -0.39 is 0 Å². The molecule has 76 valence electrons. The molecule has 15 heavy (non-hydrogen) atoms. The summed E-state index contributed by atoms with van der Waals surface area (Å²) in [6, 6.07) is 6.86. The van der Waals surface area contributed by atoms with Crippen LogP contribution >= 0.6 is 0 Å². The van der Waals surface area contributed by atoms with Crippen molar-refractivity contribution in [2.45, 2.75) is 0 Å². The molecule has 0 radical (unpaired) electrons. The van der Waals surface area contributed by atoms with Crippen molar-refractivity contribution in [3.05, 3.63) is 48.7 Å². The molecular formula is C11H10N2O2. The molecule has 0 spiro atoms. The molecule has 2 rings (SSSR count). The molecule has 0 N–H and O–H groups in total. The third-order valence-corrected chi connectivity index (χ3v) is 2.09.